The molecule has 1 saturated heterocycles. The fourth-order valence-electron chi connectivity index (χ4n) is 1.55. The topological polar surface area (TPSA) is 49.8 Å². The van der Waals surface area contributed by atoms with Crippen LogP contribution in [0, 0.1) is 0 Å². The first-order valence-corrected chi connectivity index (χ1v) is 5.37. The van der Waals surface area contributed by atoms with Crippen molar-refractivity contribution in [3.8, 4) is 0 Å². The molecule has 1 N–H and O–H groups in total. The van der Waals surface area contributed by atoms with E-state index < -0.39 is 5.97 Å². The van der Waals surface area contributed by atoms with Gasteiger partial charge in [0.15, 0.2) is 0 Å². The smallest absolute Gasteiger partial charge is 0.330 e. The Hall–Kier alpha value is -0.870. The maximum absolute atomic E-state index is 10.6. The van der Waals surface area contributed by atoms with Crippen molar-refractivity contribution in [3.63, 3.8) is 0 Å². The van der Waals surface area contributed by atoms with Gasteiger partial charge in [-0.3, -0.25) is 4.90 Å². The third-order valence-electron chi connectivity index (χ3n) is 2.67. The quantitative estimate of drug-likeness (QED) is 0.711. The Bertz CT molecular complexity index is 250. The maximum Gasteiger partial charge on any atom is 0.330 e. The molecule has 0 bridgehead atoms. The van der Waals surface area contributed by atoms with E-state index in [9.17, 15) is 4.79 Å². The molecule has 0 spiro atoms. The summed E-state index contributed by atoms with van der Waals surface area (Å²) in [6, 6.07) is 0. The third kappa shape index (κ3) is 4.01. The zero-order chi connectivity index (χ0) is 11.3. The van der Waals surface area contributed by atoms with Gasteiger partial charge in [-0.05, 0) is 13.3 Å². The normalized spacial score (nSPS) is 24.1. The van der Waals surface area contributed by atoms with Crippen molar-refractivity contribution < 1.29 is 14.6 Å². The minimum absolute atomic E-state index is 0.303. The zero-order valence-corrected chi connectivity index (χ0v) is 9.40. The van der Waals surface area contributed by atoms with Gasteiger partial charge >= 0.3 is 5.97 Å². The number of hydrogen-bond acceptors (Lipinski definition) is 3. The van der Waals surface area contributed by atoms with Gasteiger partial charge in [-0.1, -0.05) is 13.0 Å². The second kappa shape index (κ2) is 5.88. The molecule has 1 heterocycles. The Kier molecular flexibility index (Phi) is 4.78. The number of morpholine rings is 1. The van der Waals surface area contributed by atoms with E-state index >= 15 is 0 Å². The largest absolute Gasteiger partial charge is 0.478 e. The molecule has 4 heteroatoms. The van der Waals surface area contributed by atoms with E-state index in [1.807, 2.05) is 0 Å². The lowest BCUT2D eigenvalue weighted by Gasteiger charge is -2.31. The summed E-state index contributed by atoms with van der Waals surface area (Å²) < 4.78 is 5.53. The highest BCUT2D eigenvalue weighted by Gasteiger charge is 2.17. The summed E-state index contributed by atoms with van der Waals surface area (Å²) in [4.78, 5) is 12.8. The van der Waals surface area contributed by atoms with Crippen molar-refractivity contribution in [1.82, 2.24) is 4.90 Å². The average molecular weight is 213 g/mol. The number of aliphatic carboxylic acids is 1. The van der Waals surface area contributed by atoms with Crippen LogP contribution in [0.2, 0.25) is 0 Å². The molecule has 1 aliphatic heterocycles. The van der Waals surface area contributed by atoms with Gasteiger partial charge < -0.3 is 9.84 Å². The molecule has 4 nitrogen and oxygen atoms in total. The van der Waals surface area contributed by atoms with Crippen LogP contribution in [0.5, 0.6) is 0 Å². The number of rotatable bonds is 4. The highest BCUT2D eigenvalue weighted by molar-refractivity contribution is 5.85. The van der Waals surface area contributed by atoms with Gasteiger partial charge in [0.05, 0.1) is 12.7 Å². The molecule has 1 unspecified atom stereocenters. The Balaban J connectivity index is 2.38. The van der Waals surface area contributed by atoms with E-state index in [0.717, 1.165) is 26.1 Å². The van der Waals surface area contributed by atoms with Gasteiger partial charge in [0.25, 0.3) is 0 Å². The second-order valence-corrected chi connectivity index (χ2v) is 3.85. The molecule has 0 saturated carbocycles. The first-order valence-electron chi connectivity index (χ1n) is 5.37. The Labute approximate surface area is 90.5 Å². The molecule has 1 atom stereocenters. The van der Waals surface area contributed by atoms with Crippen molar-refractivity contribution in [3.05, 3.63) is 11.6 Å². The van der Waals surface area contributed by atoms with E-state index in [2.05, 4.69) is 11.8 Å². The highest BCUT2D eigenvalue weighted by atomic mass is 16.5. The molecule has 15 heavy (non-hydrogen) atoms. The summed E-state index contributed by atoms with van der Waals surface area (Å²) in [6.07, 6.45) is 3.08. The standard InChI is InChI=1S/C11H19NO3/c1-3-10-8-12(6-7-15-10)5-4-9(2)11(13)14/h4,10H,3,5-8H2,1-2H3,(H,13,14). The molecule has 0 aliphatic carbocycles. The molecule has 1 rings (SSSR count). The molecule has 0 aromatic rings. The summed E-state index contributed by atoms with van der Waals surface area (Å²) in [5.41, 5.74) is 0.412. The lowest BCUT2D eigenvalue weighted by atomic mass is 10.2. The number of nitrogens with zero attached hydrogens (tertiary/aromatic N) is 1. The van der Waals surface area contributed by atoms with Gasteiger partial charge in [0.2, 0.25) is 0 Å². The molecule has 0 aromatic heterocycles. The number of carboxylic acids is 1. The number of carboxylic acid groups (broad SMARTS) is 1. The SMILES string of the molecule is CCC1CN(CC=C(C)C(=O)O)CCO1. The third-order valence-corrected chi connectivity index (χ3v) is 2.67. The maximum atomic E-state index is 10.6. The van der Waals surface area contributed by atoms with Gasteiger partial charge in [-0.15, -0.1) is 0 Å². The van der Waals surface area contributed by atoms with Crippen LogP contribution in [-0.4, -0.2) is 48.3 Å². The summed E-state index contributed by atoms with van der Waals surface area (Å²) in [6.45, 7) is 6.98. The van der Waals surface area contributed by atoms with Crippen LogP contribution in [0.4, 0.5) is 0 Å². The highest BCUT2D eigenvalue weighted by Crippen LogP contribution is 2.08. The Morgan fingerprint density at radius 3 is 3.00 bits per heavy atom. The van der Waals surface area contributed by atoms with Crippen LogP contribution in [-0.2, 0) is 9.53 Å². The zero-order valence-electron chi connectivity index (χ0n) is 9.40. The van der Waals surface area contributed by atoms with Crippen LogP contribution in [0.15, 0.2) is 11.6 Å². The Morgan fingerprint density at radius 1 is 1.67 bits per heavy atom. The summed E-state index contributed by atoms with van der Waals surface area (Å²) in [5.74, 6) is -0.838. The molecule has 86 valence electrons. The van der Waals surface area contributed by atoms with Crippen molar-refractivity contribution in [1.29, 1.82) is 0 Å². The first-order chi connectivity index (χ1) is 7.13. The molecule has 0 radical (unpaired) electrons. The van der Waals surface area contributed by atoms with Gasteiger partial charge in [0.1, 0.15) is 0 Å². The molecular weight excluding hydrogens is 194 g/mol. The van der Waals surface area contributed by atoms with Gasteiger partial charge in [0, 0.05) is 25.2 Å². The summed E-state index contributed by atoms with van der Waals surface area (Å²) in [7, 11) is 0. The van der Waals surface area contributed by atoms with E-state index in [1.54, 1.807) is 13.0 Å². The minimum Gasteiger partial charge on any atom is -0.478 e. The minimum atomic E-state index is -0.838. The van der Waals surface area contributed by atoms with Crippen LogP contribution in [0.25, 0.3) is 0 Å². The van der Waals surface area contributed by atoms with E-state index in [-0.39, 0.29) is 0 Å². The van der Waals surface area contributed by atoms with Crippen LogP contribution in [0.3, 0.4) is 0 Å². The van der Waals surface area contributed by atoms with Crippen LogP contribution >= 0.6 is 0 Å². The fourth-order valence-corrected chi connectivity index (χ4v) is 1.55. The predicted molar refractivity (Wildman–Crippen MR) is 57.9 cm³/mol. The molecular formula is C11H19NO3. The molecule has 1 fully saturated rings. The van der Waals surface area contributed by atoms with Crippen molar-refractivity contribution >= 4 is 5.97 Å². The lowest BCUT2D eigenvalue weighted by Crippen LogP contribution is -2.42. The van der Waals surface area contributed by atoms with Gasteiger partial charge in [-0.25, -0.2) is 4.79 Å². The van der Waals surface area contributed by atoms with Crippen molar-refractivity contribution in [2.24, 2.45) is 0 Å². The van der Waals surface area contributed by atoms with Crippen LogP contribution < -0.4 is 0 Å². The fraction of sp³-hybridized carbons (Fsp3) is 0.727. The molecule has 0 amide bonds. The molecule has 1 aliphatic rings. The van der Waals surface area contributed by atoms with E-state index in [1.165, 1.54) is 0 Å². The van der Waals surface area contributed by atoms with Gasteiger partial charge in [-0.2, -0.15) is 0 Å². The average Bonchev–Trinajstić information content (AvgIpc) is 2.26. The number of ether oxygens (including phenoxy) is 1. The second-order valence-electron chi connectivity index (χ2n) is 3.85. The van der Waals surface area contributed by atoms with Crippen LogP contribution in [0.1, 0.15) is 20.3 Å². The van der Waals surface area contributed by atoms with E-state index in [0.29, 0.717) is 18.2 Å². The van der Waals surface area contributed by atoms with Crippen molar-refractivity contribution in [2.75, 3.05) is 26.2 Å². The first kappa shape index (κ1) is 12.2. The van der Waals surface area contributed by atoms with E-state index in [4.69, 9.17) is 9.84 Å². The Morgan fingerprint density at radius 2 is 2.40 bits per heavy atom. The lowest BCUT2D eigenvalue weighted by molar-refractivity contribution is -0.132. The number of carbonyl (C=O) groups is 1. The number of hydrogen-bond donors (Lipinski definition) is 1. The monoisotopic (exact) mass is 213 g/mol. The molecule has 0 aromatic carbocycles. The van der Waals surface area contributed by atoms with Crippen molar-refractivity contribution in [2.45, 2.75) is 26.4 Å². The predicted octanol–water partition coefficient (Wildman–Crippen LogP) is 1.13. The summed E-state index contributed by atoms with van der Waals surface area (Å²) in [5, 5.41) is 8.70. The summed E-state index contributed by atoms with van der Waals surface area (Å²) >= 11 is 0.